The summed E-state index contributed by atoms with van der Waals surface area (Å²) in [5, 5.41) is 0. The van der Waals surface area contributed by atoms with Gasteiger partial charge < -0.3 is 13.9 Å². The topological polar surface area (TPSA) is 52.0 Å². The van der Waals surface area contributed by atoms with Crippen LogP contribution in [0.2, 0.25) is 0 Å². The lowest BCUT2D eigenvalue weighted by atomic mass is 9.91. The summed E-state index contributed by atoms with van der Waals surface area (Å²) in [6.45, 7) is 0.423. The Bertz CT molecular complexity index is 686. The van der Waals surface area contributed by atoms with Gasteiger partial charge >= 0.3 is 5.97 Å². The number of hydrogen-bond donors (Lipinski definition) is 0. The van der Waals surface area contributed by atoms with Crippen molar-refractivity contribution in [2.75, 3.05) is 13.7 Å². The van der Waals surface area contributed by atoms with Gasteiger partial charge in [0.2, 0.25) is 5.60 Å². The molecule has 140 valence electrons. The van der Waals surface area contributed by atoms with Gasteiger partial charge in [-0.15, -0.1) is 0 Å². The highest BCUT2D eigenvalue weighted by Gasteiger charge is 2.56. The number of benzene rings is 1. The van der Waals surface area contributed by atoms with Gasteiger partial charge in [0.1, 0.15) is 5.76 Å². The van der Waals surface area contributed by atoms with Crippen molar-refractivity contribution < 1.29 is 18.7 Å². The Kier molecular flexibility index (Phi) is 6.51. The van der Waals surface area contributed by atoms with Crippen molar-refractivity contribution in [3.8, 4) is 0 Å². The van der Waals surface area contributed by atoms with Crippen LogP contribution >= 0.6 is 0 Å². The molecule has 0 amide bonds. The van der Waals surface area contributed by atoms with E-state index in [2.05, 4.69) is 6.07 Å². The molecule has 0 spiro atoms. The van der Waals surface area contributed by atoms with Gasteiger partial charge in [-0.25, -0.2) is 4.79 Å². The molecule has 2 heterocycles. The second kappa shape index (κ2) is 9.04. The second-order valence-electron chi connectivity index (χ2n) is 6.97. The number of carbonyl (C=O) groups excluding carboxylic acids is 1. The second-order valence-corrected chi connectivity index (χ2v) is 6.97. The number of unbranched alkanes of at least 4 members (excludes halogenated alkanes) is 5. The monoisotopic (exact) mass is 356 g/mol. The zero-order valence-electron chi connectivity index (χ0n) is 15.5. The van der Waals surface area contributed by atoms with E-state index in [-0.39, 0.29) is 5.97 Å². The normalized spacial score (nSPS) is 18.7. The Morgan fingerprint density at radius 3 is 2.35 bits per heavy atom. The maximum atomic E-state index is 12.1. The SMILES string of the molecule is COC(=O)C1(c2ccccc2CCCCCCCCc2ccco2)CO1. The summed E-state index contributed by atoms with van der Waals surface area (Å²) in [6.07, 6.45) is 11.0. The van der Waals surface area contributed by atoms with E-state index in [0.29, 0.717) is 6.61 Å². The van der Waals surface area contributed by atoms with Crippen molar-refractivity contribution in [2.45, 2.75) is 57.0 Å². The molecular weight excluding hydrogens is 328 g/mol. The minimum Gasteiger partial charge on any atom is -0.469 e. The summed E-state index contributed by atoms with van der Waals surface area (Å²) in [5.74, 6) is 0.796. The van der Waals surface area contributed by atoms with Crippen molar-refractivity contribution in [2.24, 2.45) is 0 Å². The van der Waals surface area contributed by atoms with Gasteiger partial charge in [0, 0.05) is 12.0 Å². The molecule has 4 nitrogen and oxygen atoms in total. The highest BCUT2D eigenvalue weighted by atomic mass is 16.6. The molecule has 1 aliphatic rings. The lowest BCUT2D eigenvalue weighted by Gasteiger charge is -2.14. The summed E-state index contributed by atoms with van der Waals surface area (Å²) in [6, 6.07) is 12.1. The standard InChI is InChI=1S/C22H28O4/c1-24-21(23)22(17-26-22)20-15-9-8-12-18(20)11-6-4-2-3-5-7-13-19-14-10-16-25-19/h8-10,12,14-16H,2-7,11,13,17H2,1H3. The molecule has 1 unspecified atom stereocenters. The summed E-state index contributed by atoms with van der Waals surface area (Å²) in [5.41, 5.74) is 1.33. The molecule has 3 rings (SSSR count). The van der Waals surface area contributed by atoms with E-state index in [1.165, 1.54) is 44.8 Å². The van der Waals surface area contributed by atoms with Crippen molar-refractivity contribution in [3.63, 3.8) is 0 Å². The van der Waals surface area contributed by atoms with Crippen LogP contribution in [0.5, 0.6) is 0 Å². The first-order chi connectivity index (χ1) is 12.8. The van der Waals surface area contributed by atoms with Crippen LogP contribution in [0.25, 0.3) is 0 Å². The quantitative estimate of drug-likeness (QED) is 0.329. The number of furan rings is 1. The smallest absolute Gasteiger partial charge is 0.345 e. The van der Waals surface area contributed by atoms with Crippen LogP contribution in [0, 0.1) is 0 Å². The average molecular weight is 356 g/mol. The van der Waals surface area contributed by atoms with Crippen molar-refractivity contribution in [1.82, 2.24) is 0 Å². The van der Waals surface area contributed by atoms with Crippen LogP contribution in [0.4, 0.5) is 0 Å². The largest absolute Gasteiger partial charge is 0.469 e. The van der Waals surface area contributed by atoms with Crippen LogP contribution in [-0.2, 0) is 32.7 Å². The molecule has 1 saturated heterocycles. The molecule has 0 bridgehead atoms. The first-order valence-corrected chi connectivity index (χ1v) is 9.59. The molecule has 26 heavy (non-hydrogen) atoms. The highest BCUT2D eigenvalue weighted by molar-refractivity contribution is 5.84. The summed E-state index contributed by atoms with van der Waals surface area (Å²) in [7, 11) is 1.42. The van der Waals surface area contributed by atoms with Crippen LogP contribution in [0.3, 0.4) is 0 Å². The number of rotatable bonds is 11. The average Bonchev–Trinajstić information content (AvgIpc) is 3.32. The summed E-state index contributed by atoms with van der Waals surface area (Å²) < 4.78 is 15.8. The number of hydrogen-bond acceptors (Lipinski definition) is 4. The molecule has 1 aromatic heterocycles. The molecule has 4 heteroatoms. The number of epoxide rings is 1. The molecule has 1 aromatic carbocycles. The van der Waals surface area contributed by atoms with E-state index >= 15 is 0 Å². The third kappa shape index (κ3) is 4.55. The molecular formula is C22H28O4. The number of esters is 1. The molecule has 0 aliphatic carbocycles. The zero-order valence-corrected chi connectivity index (χ0v) is 15.5. The molecule has 1 fully saturated rings. The van der Waals surface area contributed by atoms with E-state index in [1.54, 1.807) is 6.26 Å². The highest BCUT2D eigenvalue weighted by Crippen LogP contribution is 2.41. The van der Waals surface area contributed by atoms with Crippen molar-refractivity contribution in [3.05, 3.63) is 59.5 Å². The van der Waals surface area contributed by atoms with Crippen LogP contribution in [0.15, 0.2) is 47.1 Å². The van der Waals surface area contributed by atoms with E-state index in [1.807, 2.05) is 30.3 Å². The third-order valence-corrected chi connectivity index (χ3v) is 5.10. The van der Waals surface area contributed by atoms with Gasteiger partial charge in [0.05, 0.1) is 20.0 Å². The number of aryl methyl sites for hydroxylation is 2. The minimum atomic E-state index is -0.850. The lowest BCUT2D eigenvalue weighted by Crippen LogP contribution is -2.25. The molecule has 0 radical (unpaired) electrons. The van der Waals surface area contributed by atoms with E-state index in [4.69, 9.17) is 13.9 Å². The first kappa shape index (κ1) is 18.7. The van der Waals surface area contributed by atoms with Gasteiger partial charge in [-0.3, -0.25) is 0 Å². The fraction of sp³-hybridized carbons (Fsp3) is 0.500. The lowest BCUT2D eigenvalue weighted by molar-refractivity contribution is -0.147. The minimum absolute atomic E-state index is 0.290. The fourth-order valence-corrected chi connectivity index (χ4v) is 3.53. The molecule has 1 atom stereocenters. The van der Waals surface area contributed by atoms with Crippen LogP contribution in [0.1, 0.15) is 55.4 Å². The molecule has 1 aliphatic heterocycles. The molecule has 0 N–H and O–H groups in total. The Morgan fingerprint density at radius 1 is 1.00 bits per heavy atom. The Labute approximate surface area is 155 Å². The van der Waals surface area contributed by atoms with E-state index in [9.17, 15) is 4.79 Å². The zero-order chi connectivity index (χ0) is 18.2. The fourth-order valence-electron chi connectivity index (χ4n) is 3.53. The predicted octanol–water partition coefficient (Wildman–Crippen LogP) is 4.80. The summed E-state index contributed by atoms with van der Waals surface area (Å²) in [4.78, 5) is 12.1. The predicted molar refractivity (Wildman–Crippen MR) is 99.9 cm³/mol. The Balaban J connectivity index is 1.37. The van der Waals surface area contributed by atoms with Gasteiger partial charge in [-0.1, -0.05) is 49.9 Å². The number of carbonyl (C=O) groups is 1. The third-order valence-electron chi connectivity index (χ3n) is 5.10. The molecule has 2 aromatic rings. The van der Waals surface area contributed by atoms with Gasteiger partial charge in [0.15, 0.2) is 0 Å². The van der Waals surface area contributed by atoms with Crippen molar-refractivity contribution in [1.29, 1.82) is 0 Å². The van der Waals surface area contributed by atoms with Crippen molar-refractivity contribution >= 4 is 5.97 Å². The maximum Gasteiger partial charge on any atom is 0.345 e. The van der Waals surface area contributed by atoms with Gasteiger partial charge in [-0.2, -0.15) is 0 Å². The molecule has 0 saturated carbocycles. The Hall–Kier alpha value is -2.07. The Morgan fingerprint density at radius 2 is 1.69 bits per heavy atom. The first-order valence-electron chi connectivity index (χ1n) is 9.59. The van der Waals surface area contributed by atoms with E-state index < -0.39 is 5.60 Å². The summed E-state index contributed by atoms with van der Waals surface area (Å²) >= 11 is 0. The van der Waals surface area contributed by atoms with Crippen LogP contribution < -0.4 is 0 Å². The van der Waals surface area contributed by atoms with E-state index in [0.717, 1.165) is 30.6 Å². The van der Waals surface area contributed by atoms with Crippen LogP contribution in [-0.4, -0.2) is 19.7 Å². The number of methoxy groups -OCH3 is 1. The maximum absolute atomic E-state index is 12.1. The number of ether oxygens (including phenoxy) is 2. The van der Waals surface area contributed by atoms with Gasteiger partial charge in [-0.05, 0) is 37.0 Å². The van der Waals surface area contributed by atoms with Gasteiger partial charge in [0.25, 0.3) is 0 Å².